The van der Waals surface area contributed by atoms with Gasteiger partial charge in [0.2, 0.25) is 10.0 Å². The zero-order valence-corrected chi connectivity index (χ0v) is 19.8. The monoisotopic (exact) mass is 475 g/mol. The Morgan fingerprint density at radius 1 is 1.03 bits per heavy atom. The zero-order valence-electron chi connectivity index (χ0n) is 19.0. The Labute approximate surface area is 194 Å². The van der Waals surface area contributed by atoms with E-state index in [1.165, 1.54) is 40.7 Å². The fourth-order valence-corrected chi connectivity index (χ4v) is 5.43. The number of benzene rings is 2. The number of carbonyl (C=O) groups is 2. The van der Waals surface area contributed by atoms with Crippen LogP contribution < -0.4 is 5.32 Å². The highest BCUT2D eigenvalue weighted by Gasteiger charge is 2.26. The molecule has 0 atom stereocenters. The van der Waals surface area contributed by atoms with Crippen LogP contribution in [-0.4, -0.2) is 62.2 Å². The van der Waals surface area contributed by atoms with E-state index < -0.39 is 15.8 Å². The highest BCUT2D eigenvalue weighted by Crippen LogP contribution is 2.20. The number of hydrogen-bond acceptors (Lipinski definition) is 4. The van der Waals surface area contributed by atoms with Crippen molar-refractivity contribution in [2.24, 2.45) is 5.92 Å². The molecule has 7 nitrogen and oxygen atoms in total. The lowest BCUT2D eigenvalue weighted by atomic mass is 9.96. The molecule has 2 aromatic rings. The minimum Gasteiger partial charge on any atom is -0.352 e. The lowest BCUT2D eigenvalue weighted by Crippen LogP contribution is -2.41. The lowest BCUT2D eigenvalue weighted by molar-refractivity contribution is 0.0679. The highest BCUT2D eigenvalue weighted by molar-refractivity contribution is 7.89. The predicted molar refractivity (Wildman–Crippen MR) is 124 cm³/mol. The van der Waals surface area contributed by atoms with Crippen LogP contribution in [-0.2, 0) is 10.0 Å². The summed E-state index contributed by atoms with van der Waals surface area (Å²) in [4.78, 5) is 26.8. The fraction of sp³-hybridized carbons (Fsp3) is 0.417. The van der Waals surface area contributed by atoms with Gasteiger partial charge in [0, 0.05) is 38.3 Å². The standard InChI is InChI=1S/C24H30FN3O4S/c1-3-28(4-2)33(31,32)20-11-9-19(10-12-20)23(29)26-17-18-13-15-27(16-14-18)24(30)21-7-5-6-8-22(21)25/h5-12,18H,3-4,13-17H2,1-2H3,(H,26,29). The molecule has 9 heteroatoms. The van der Waals surface area contributed by atoms with E-state index in [0.717, 1.165) is 0 Å². The summed E-state index contributed by atoms with van der Waals surface area (Å²) in [7, 11) is -3.56. The van der Waals surface area contributed by atoms with Crippen LogP contribution in [0.4, 0.5) is 4.39 Å². The Morgan fingerprint density at radius 2 is 1.64 bits per heavy atom. The van der Waals surface area contributed by atoms with E-state index >= 15 is 0 Å². The van der Waals surface area contributed by atoms with Crippen molar-refractivity contribution >= 4 is 21.8 Å². The van der Waals surface area contributed by atoms with Crippen LogP contribution >= 0.6 is 0 Å². The van der Waals surface area contributed by atoms with Crippen molar-refractivity contribution in [3.8, 4) is 0 Å². The van der Waals surface area contributed by atoms with Gasteiger partial charge < -0.3 is 10.2 Å². The first kappa shape index (κ1) is 24.9. The maximum absolute atomic E-state index is 13.9. The molecule has 1 heterocycles. The van der Waals surface area contributed by atoms with E-state index in [1.54, 1.807) is 30.9 Å². The first-order chi connectivity index (χ1) is 15.8. The highest BCUT2D eigenvalue weighted by atomic mass is 32.2. The summed E-state index contributed by atoms with van der Waals surface area (Å²) in [6, 6.07) is 11.9. The number of halogens is 1. The summed E-state index contributed by atoms with van der Waals surface area (Å²) in [5.41, 5.74) is 0.469. The third-order valence-corrected chi connectivity index (χ3v) is 8.08. The summed E-state index contributed by atoms with van der Waals surface area (Å²) >= 11 is 0. The second-order valence-corrected chi connectivity index (χ2v) is 9.98. The van der Waals surface area contributed by atoms with Crippen LogP contribution in [0.5, 0.6) is 0 Å². The molecule has 1 fully saturated rings. The summed E-state index contributed by atoms with van der Waals surface area (Å²) in [5, 5.41) is 2.89. The summed E-state index contributed by atoms with van der Waals surface area (Å²) in [5.74, 6) is -0.893. The van der Waals surface area contributed by atoms with Crippen molar-refractivity contribution < 1.29 is 22.4 Å². The topological polar surface area (TPSA) is 86.8 Å². The van der Waals surface area contributed by atoms with Crippen molar-refractivity contribution in [2.75, 3.05) is 32.7 Å². The van der Waals surface area contributed by atoms with E-state index in [-0.39, 0.29) is 28.2 Å². The number of sulfonamides is 1. The van der Waals surface area contributed by atoms with Gasteiger partial charge in [-0.05, 0) is 55.2 Å². The molecule has 1 aliphatic rings. The van der Waals surface area contributed by atoms with Gasteiger partial charge in [-0.25, -0.2) is 12.8 Å². The average molecular weight is 476 g/mol. The van der Waals surface area contributed by atoms with E-state index in [1.807, 2.05) is 0 Å². The predicted octanol–water partition coefficient (Wildman–Crippen LogP) is 3.14. The molecule has 3 rings (SSSR count). The molecule has 0 spiro atoms. The molecule has 1 aliphatic heterocycles. The molecule has 2 amide bonds. The van der Waals surface area contributed by atoms with Gasteiger partial charge in [0.15, 0.2) is 0 Å². The van der Waals surface area contributed by atoms with E-state index in [4.69, 9.17) is 0 Å². The second kappa shape index (κ2) is 10.9. The molecule has 0 unspecified atom stereocenters. The van der Waals surface area contributed by atoms with Crippen LogP contribution in [0.1, 0.15) is 47.4 Å². The molecule has 0 saturated carbocycles. The number of hydrogen-bond donors (Lipinski definition) is 1. The van der Waals surface area contributed by atoms with Gasteiger partial charge >= 0.3 is 0 Å². The Morgan fingerprint density at radius 3 is 2.21 bits per heavy atom. The van der Waals surface area contributed by atoms with Gasteiger partial charge in [-0.15, -0.1) is 0 Å². The van der Waals surface area contributed by atoms with Crippen LogP contribution in [0.3, 0.4) is 0 Å². The number of piperidine rings is 1. The number of rotatable bonds is 8. The average Bonchev–Trinajstić information content (AvgIpc) is 2.83. The van der Waals surface area contributed by atoms with Gasteiger partial charge in [0.25, 0.3) is 11.8 Å². The van der Waals surface area contributed by atoms with Crippen molar-refractivity contribution in [3.63, 3.8) is 0 Å². The van der Waals surface area contributed by atoms with Crippen molar-refractivity contribution in [3.05, 3.63) is 65.5 Å². The van der Waals surface area contributed by atoms with Crippen molar-refractivity contribution in [1.29, 1.82) is 0 Å². The number of nitrogens with one attached hydrogen (secondary N) is 1. The maximum Gasteiger partial charge on any atom is 0.256 e. The molecule has 33 heavy (non-hydrogen) atoms. The Bertz CT molecular complexity index is 1080. The summed E-state index contributed by atoms with van der Waals surface area (Å²) in [6.07, 6.45) is 1.42. The van der Waals surface area contributed by atoms with Gasteiger partial charge in [-0.2, -0.15) is 4.31 Å². The first-order valence-corrected chi connectivity index (χ1v) is 12.6. The Hall–Kier alpha value is -2.78. The maximum atomic E-state index is 13.9. The molecule has 1 saturated heterocycles. The molecule has 178 valence electrons. The SMILES string of the molecule is CCN(CC)S(=O)(=O)c1ccc(C(=O)NCC2CCN(C(=O)c3ccccc3F)CC2)cc1. The normalized spacial score (nSPS) is 15.0. The van der Waals surface area contributed by atoms with Gasteiger partial charge in [0.1, 0.15) is 5.82 Å². The summed E-state index contributed by atoms with van der Waals surface area (Å²) < 4.78 is 40.4. The zero-order chi connectivity index (χ0) is 24.0. The number of likely N-dealkylation sites (tertiary alicyclic amines) is 1. The first-order valence-electron chi connectivity index (χ1n) is 11.2. The number of nitrogens with zero attached hydrogens (tertiary/aromatic N) is 2. The Kier molecular flexibility index (Phi) is 8.20. The fourth-order valence-electron chi connectivity index (χ4n) is 3.98. The quantitative estimate of drug-likeness (QED) is 0.636. The Balaban J connectivity index is 1.51. The molecule has 0 radical (unpaired) electrons. The van der Waals surface area contributed by atoms with E-state index in [2.05, 4.69) is 5.32 Å². The second-order valence-electron chi connectivity index (χ2n) is 8.04. The molecular formula is C24H30FN3O4S. The molecular weight excluding hydrogens is 445 g/mol. The molecule has 2 aromatic carbocycles. The number of carbonyl (C=O) groups excluding carboxylic acids is 2. The van der Waals surface area contributed by atoms with Crippen molar-refractivity contribution in [1.82, 2.24) is 14.5 Å². The lowest BCUT2D eigenvalue weighted by Gasteiger charge is -2.32. The van der Waals surface area contributed by atoms with Crippen LogP contribution in [0.15, 0.2) is 53.4 Å². The summed E-state index contributed by atoms with van der Waals surface area (Å²) in [6.45, 7) is 5.79. The van der Waals surface area contributed by atoms with Crippen LogP contribution in [0, 0.1) is 11.7 Å². The van der Waals surface area contributed by atoms with E-state index in [0.29, 0.717) is 51.1 Å². The van der Waals surface area contributed by atoms with Crippen LogP contribution in [0.2, 0.25) is 0 Å². The third kappa shape index (κ3) is 5.78. The largest absolute Gasteiger partial charge is 0.352 e. The van der Waals surface area contributed by atoms with Gasteiger partial charge in [-0.1, -0.05) is 26.0 Å². The van der Waals surface area contributed by atoms with Gasteiger partial charge in [-0.3, -0.25) is 9.59 Å². The van der Waals surface area contributed by atoms with Crippen molar-refractivity contribution in [2.45, 2.75) is 31.6 Å². The third-order valence-electron chi connectivity index (χ3n) is 6.02. The minimum atomic E-state index is -3.56. The van der Waals surface area contributed by atoms with Gasteiger partial charge in [0.05, 0.1) is 10.5 Å². The molecule has 0 aromatic heterocycles. The van der Waals surface area contributed by atoms with Crippen LogP contribution in [0.25, 0.3) is 0 Å². The molecule has 1 N–H and O–H groups in total. The van der Waals surface area contributed by atoms with E-state index in [9.17, 15) is 22.4 Å². The minimum absolute atomic E-state index is 0.0794. The molecule has 0 bridgehead atoms. The number of amides is 2. The molecule has 0 aliphatic carbocycles. The smallest absolute Gasteiger partial charge is 0.256 e.